The Morgan fingerprint density at radius 3 is 2.62 bits per heavy atom. The van der Waals surface area contributed by atoms with Crippen LogP contribution in [0.3, 0.4) is 0 Å². The first kappa shape index (κ1) is 10.4. The van der Waals surface area contributed by atoms with Gasteiger partial charge in [0, 0.05) is 11.7 Å². The van der Waals surface area contributed by atoms with Gasteiger partial charge in [0.05, 0.1) is 12.0 Å². The molecule has 0 aliphatic rings. The van der Waals surface area contributed by atoms with Crippen molar-refractivity contribution in [3.63, 3.8) is 0 Å². The second-order valence-corrected chi connectivity index (χ2v) is 5.12. The van der Waals surface area contributed by atoms with E-state index in [1.165, 1.54) is 18.2 Å². The van der Waals surface area contributed by atoms with E-state index in [0.29, 0.717) is 11.5 Å². The molecule has 0 aliphatic heterocycles. The van der Waals surface area contributed by atoms with E-state index in [2.05, 4.69) is 5.16 Å². The molecule has 74 valence electrons. The van der Waals surface area contributed by atoms with E-state index in [-0.39, 0.29) is 4.75 Å². The molecule has 0 amide bonds. The molecule has 0 aromatic carbocycles. The van der Waals surface area contributed by atoms with Gasteiger partial charge in [-0.25, -0.2) is 0 Å². The molecular formula is C8H13NO3S. The molecule has 0 N–H and O–H groups in total. The number of hydrogen-bond donors (Lipinski definition) is 0. The van der Waals surface area contributed by atoms with Crippen molar-refractivity contribution in [1.82, 2.24) is 5.16 Å². The van der Waals surface area contributed by atoms with Crippen LogP contribution in [0.2, 0.25) is 0 Å². The molecule has 13 heavy (non-hydrogen) atoms. The molecule has 4 nitrogen and oxygen atoms in total. The highest BCUT2D eigenvalue weighted by atomic mass is 32.2. The standard InChI is InChI=1S/C8H13NO3S/c1-6-7(5-9-10-6)11-12-13-8(2,3)4/h5H,1-4H3. The van der Waals surface area contributed by atoms with Crippen LogP contribution in [-0.2, 0) is 4.33 Å². The Morgan fingerprint density at radius 2 is 2.15 bits per heavy atom. The maximum Gasteiger partial charge on any atom is 0.228 e. The Hall–Kier alpha value is -0.680. The third-order valence-electron chi connectivity index (χ3n) is 1.11. The van der Waals surface area contributed by atoms with Crippen LogP contribution in [0.15, 0.2) is 10.7 Å². The smallest absolute Gasteiger partial charge is 0.228 e. The molecule has 0 spiro atoms. The predicted molar refractivity (Wildman–Crippen MR) is 50.3 cm³/mol. The van der Waals surface area contributed by atoms with Crippen molar-refractivity contribution in [1.29, 1.82) is 0 Å². The SMILES string of the molecule is Cc1oncc1OOSC(C)(C)C. The molecule has 1 aromatic heterocycles. The Kier molecular flexibility index (Phi) is 3.22. The van der Waals surface area contributed by atoms with Crippen LogP contribution in [0.5, 0.6) is 5.75 Å². The molecule has 5 heteroatoms. The van der Waals surface area contributed by atoms with Crippen LogP contribution in [0.25, 0.3) is 0 Å². The minimum atomic E-state index is 0.00503. The van der Waals surface area contributed by atoms with Gasteiger partial charge in [-0.2, -0.15) is 0 Å². The van der Waals surface area contributed by atoms with Crippen LogP contribution in [-0.4, -0.2) is 9.90 Å². The fourth-order valence-corrected chi connectivity index (χ4v) is 0.837. The quantitative estimate of drug-likeness (QED) is 0.429. The van der Waals surface area contributed by atoms with Crippen LogP contribution in [0.1, 0.15) is 26.5 Å². The maximum atomic E-state index is 4.96. The van der Waals surface area contributed by atoms with E-state index in [9.17, 15) is 0 Å². The average molecular weight is 203 g/mol. The van der Waals surface area contributed by atoms with Crippen molar-refractivity contribution in [2.45, 2.75) is 32.4 Å². The minimum Gasteiger partial charge on any atom is -0.357 e. The topological polar surface area (TPSA) is 44.5 Å². The fraction of sp³-hybridized carbons (Fsp3) is 0.625. The van der Waals surface area contributed by atoms with E-state index in [0.717, 1.165) is 0 Å². The van der Waals surface area contributed by atoms with E-state index < -0.39 is 0 Å². The predicted octanol–water partition coefficient (Wildman–Crippen LogP) is 2.74. The second-order valence-electron chi connectivity index (χ2n) is 3.59. The molecule has 0 saturated carbocycles. The molecule has 1 heterocycles. The molecule has 0 fully saturated rings. The number of aromatic nitrogens is 1. The highest BCUT2D eigenvalue weighted by Gasteiger charge is 2.14. The number of rotatable bonds is 3. The summed E-state index contributed by atoms with van der Waals surface area (Å²) in [4.78, 5) is 4.96. The Bertz CT molecular complexity index is 267. The lowest BCUT2D eigenvalue weighted by Gasteiger charge is -2.14. The van der Waals surface area contributed by atoms with E-state index >= 15 is 0 Å². The first-order chi connectivity index (χ1) is 5.99. The van der Waals surface area contributed by atoms with Crippen molar-refractivity contribution in [2.24, 2.45) is 0 Å². The maximum absolute atomic E-state index is 4.96. The summed E-state index contributed by atoms with van der Waals surface area (Å²) in [7, 11) is 0. The van der Waals surface area contributed by atoms with E-state index in [4.69, 9.17) is 13.7 Å². The summed E-state index contributed by atoms with van der Waals surface area (Å²) in [5.74, 6) is 1.12. The van der Waals surface area contributed by atoms with Gasteiger partial charge in [0.1, 0.15) is 6.20 Å². The number of hydrogen-bond acceptors (Lipinski definition) is 5. The lowest BCUT2D eigenvalue weighted by atomic mass is 10.3. The van der Waals surface area contributed by atoms with Crippen LogP contribution in [0, 0.1) is 6.92 Å². The molecule has 0 atom stereocenters. The largest absolute Gasteiger partial charge is 0.357 e. The zero-order chi connectivity index (χ0) is 9.90. The summed E-state index contributed by atoms with van der Waals surface area (Å²) in [6.45, 7) is 7.85. The van der Waals surface area contributed by atoms with Gasteiger partial charge in [-0.1, -0.05) is 5.16 Å². The van der Waals surface area contributed by atoms with E-state index in [1.807, 2.05) is 20.8 Å². The van der Waals surface area contributed by atoms with Crippen molar-refractivity contribution in [3.8, 4) is 5.75 Å². The number of aryl methyl sites for hydroxylation is 1. The van der Waals surface area contributed by atoms with Gasteiger partial charge in [0.2, 0.25) is 5.75 Å². The highest BCUT2D eigenvalue weighted by Crippen LogP contribution is 2.26. The molecular weight excluding hydrogens is 190 g/mol. The summed E-state index contributed by atoms with van der Waals surface area (Å²) in [5, 5.41) is 3.55. The Balaban J connectivity index is 2.32. The summed E-state index contributed by atoms with van der Waals surface area (Å²) in [6.07, 6.45) is 1.47. The zero-order valence-corrected chi connectivity index (χ0v) is 8.97. The van der Waals surface area contributed by atoms with Gasteiger partial charge in [0.25, 0.3) is 0 Å². The highest BCUT2D eigenvalue weighted by molar-refractivity contribution is 7.95. The van der Waals surface area contributed by atoms with Crippen LogP contribution >= 0.6 is 12.0 Å². The molecule has 0 radical (unpaired) electrons. The summed E-state index contributed by atoms with van der Waals surface area (Å²) in [6, 6.07) is 0. The van der Waals surface area contributed by atoms with Crippen molar-refractivity contribution in [3.05, 3.63) is 12.0 Å². The molecule has 0 aliphatic carbocycles. The third kappa shape index (κ3) is 3.69. The fourth-order valence-electron chi connectivity index (χ4n) is 0.525. The van der Waals surface area contributed by atoms with Gasteiger partial charge < -0.3 is 9.41 Å². The Labute approximate surface area is 81.7 Å². The van der Waals surface area contributed by atoms with Gasteiger partial charge in [-0.3, -0.25) is 0 Å². The van der Waals surface area contributed by atoms with Gasteiger partial charge in [-0.15, -0.1) is 4.33 Å². The lowest BCUT2D eigenvalue weighted by Crippen LogP contribution is -2.09. The molecule has 0 saturated heterocycles. The first-order valence-electron chi connectivity index (χ1n) is 3.93. The third-order valence-corrected chi connectivity index (χ3v) is 1.75. The number of nitrogens with zero attached hydrogens (tertiary/aromatic N) is 1. The molecule has 1 rings (SSSR count). The Morgan fingerprint density at radius 1 is 1.46 bits per heavy atom. The second kappa shape index (κ2) is 4.02. The molecule has 0 bridgehead atoms. The molecule has 1 aromatic rings. The monoisotopic (exact) mass is 203 g/mol. The van der Waals surface area contributed by atoms with Gasteiger partial charge in [0.15, 0.2) is 5.76 Å². The van der Waals surface area contributed by atoms with Crippen molar-refractivity contribution < 1.29 is 13.7 Å². The molecule has 0 unspecified atom stereocenters. The summed E-state index contributed by atoms with van der Waals surface area (Å²) in [5.41, 5.74) is 0. The van der Waals surface area contributed by atoms with E-state index in [1.54, 1.807) is 6.92 Å². The normalized spacial score (nSPS) is 11.7. The van der Waals surface area contributed by atoms with Crippen LogP contribution < -0.4 is 4.89 Å². The van der Waals surface area contributed by atoms with Crippen LogP contribution in [0.4, 0.5) is 0 Å². The zero-order valence-electron chi connectivity index (χ0n) is 8.16. The summed E-state index contributed by atoms with van der Waals surface area (Å²) < 4.78 is 9.73. The first-order valence-corrected chi connectivity index (χ1v) is 4.67. The van der Waals surface area contributed by atoms with Crippen molar-refractivity contribution >= 4 is 12.0 Å². The average Bonchev–Trinajstić information content (AvgIpc) is 2.34. The summed E-state index contributed by atoms with van der Waals surface area (Å²) >= 11 is 1.25. The van der Waals surface area contributed by atoms with Gasteiger partial charge >= 0.3 is 0 Å². The lowest BCUT2D eigenvalue weighted by molar-refractivity contribution is -0.0806. The minimum absolute atomic E-state index is 0.00503. The van der Waals surface area contributed by atoms with Crippen molar-refractivity contribution in [2.75, 3.05) is 0 Å². The van der Waals surface area contributed by atoms with Gasteiger partial charge in [-0.05, 0) is 20.8 Å².